The molecule has 0 radical (unpaired) electrons. The Kier molecular flexibility index (Phi) is 3.24. The molecule has 1 aromatic rings. The van der Waals surface area contributed by atoms with E-state index in [1.807, 2.05) is 0 Å². The molecule has 0 spiro atoms. The predicted molar refractivity (Wildman–Crippen MR) is 55.4 cm³/mol. The molecule has 1 amide bonds. The number of hydrogen-bond acceptors (Lipinski definition) is 4. The van der Waals surface area contributed by atoms with E-state index in [2.05, 4.69) is 20.6 Å². The Labute approximate surface area is 88.3 Å². The number of rotatable bonds is 3. The monoisotopic (exact) mass is 206 g/mol. The van der Waals surface area contributed by atoms with Crippen LogP contribution in [0.15, 0.2) is 18.7 Å². The fourth-order valence-electron chi connectivity index (χ4n) is 1.67. The number of amides is 1. The normalized spacial score (nSPS) is 20.1. The van der Waals surface area contributed by atoms with Gasteiger partial charge in [-0.25, -0.2) is 9.97 Å². The van der Waals surface area contributed by atoms with Gasteiger partial charge in [0.05, 0.1) is 5.56 Å². The van der Waals surface area contributed by atoms with Crippen molar-refractivity contribution in [2.24, 2.45) is 0 Å². The maximum atomic E-state index is 11.6. The van der Waals surface area contributed by atoms with Crippen molar-refractivity contribution in [1.82, 2.24) is 20.6 Å². The van der Waals surface area contributed by atoms with Crippen molar-refractivity contribution in [3.63, 3.8) is 0 Å². The van der Waals surface area contributed by atoms with Crippen molar-refractivity contribution in [2.75, 3.05) is 13.1 Å². The van der Waals surface area contributed by atoms with Gasteiger partial charge in [0.15, 0.2) is 0 Å². The number of nitrogens with one attached hydrogen (secondary N) is 2. The van der Waals surface area contributed by atoms with Gasteiger partial charge in [-0.2, -0.15) is 0 Å². The van der Waals surface area contributed by atoms with Crippen LogP contribution < -0.4 is 10.6 Å². The zero-order chi connectivity index (χ0) is 10.5. The van der Waals surface area contributed by atoms with Gasteiger partial charge in [0.2, 0.25) is 0 Å². The molecule has 15 heavy (non-hydrogen) atoms. The van der Waals surface area contributed by atoms with E-state index in [0.29, 0.717) is 18.2 Å². The number of carbonyl (C=O) groups excluding carboxylic acids is 1. The molecular weight excluding hydrogens is 192 g/mol. The van der Waals surface area contributed by atoms with Gasteiger partial charge in [0.1, 0.15) is 6.33 Å². The lowest BCUT2D eigenvalue weighted by molar-refractivity contribution is 0.0949. The second kappa shape index (κ2) is 4.84. The lowest BCUT2D eigenvalue weighted by atomic mass is 10.2. The lowest BCUT2D eigenvalue weighted by Gasteiger charge is -2.10. The zero-order valence-electron chi connectivity index (χ0n) is 8.44. The third-order valence-corrected chi connectivity index (χ3v) is 2.49. The second-order valence-corrected chi connectivity index (χ2v) is 3.63. The highest BCUT2D eigenvalue weighted by Gasteiger charge is 2.15. The third kappa shape index (κ3) is 2.73. The van der Waals surface area contributed by atoms with E-state index >= 15 is 0 Å². The summed E-state index contributed by atoms with van der Waals surface area (Å²) in [4.78, 5) is 19.2. The van der Waals surface area contributed by atoms with Crippen molar-refractivity contribution in [3.05, 3.63) is 24.3 Å². The van der Waals surface area contributed by atoms with Gasteiger partial charge in [-0.1, -0.05) is 0 Å². The van der Waals surface area contributed by atoms with Crippen molar-refractivity contribution >= 4 is 5.91 Å². The first-order valence-corrected chi connectivity index (χ1v) is 5.13. The van der Waals surface area contributed by atoms with E-state index in [1.54, 1.807) is 0 Å². The maximum absolute atomic E-state index is 11.6. The van der Waals surface area contributed by atoms with Crippen molar-refractivity contribution in [3.8, 4) is 0 Å². The molecule has 0 aromatic carbocycles. The first kappa shape index (κ1) is 10.0. The Hall–Kier alpha value is -1.49. The molecule has 2 heterocycles. The Morgan fingerprint density at radius 3 is 3.00 bits per heavy atom. The summed E-state index contributed by atoms with van der Waals surface area (Å²) in [5, 5.41) is 6.18. The Morgan fingerprint density at radius 1 is 1.53 bits per heavy atom. The summed E-state index contributed by atoms with van der Waals surface area (Å²) in [5.41, 5.74) is 0.510. The molecule has 80 valence electrons. The maximum Gasteiger partial charge on any atom is 0.254 e. The summed E-state index contributed by atoms with van der Waals surface area (Å²) < 4.78 is 0. The van der Waals surface area contributed by atoms with Gasteiger partial charge in [0, 0.05) is 25.0 Å². The minimum Gasteiger partial charge on any atom is -0.350 e. The quantitative estimate of drug-likeness (QED) is 0.728. The Bertz CT molecular complexity index is 321. The summed E-state index contributed by atoms with van der Waals surface area (Å²) in [7, 11) is 0. The lowest BCUT2D eigenvalue weighted by Crippen LogP contribution is -2.37. The highest BCUT2D eigenvalue weighted by molar-refractivity contribution is 5.93. The highest BCUT2D eigenvalue weighted by atomic mass is 16.1. The minimum atomic E-state index is -0.107. The van der Waals surface area contributed by atoms with Crippen LogP contribution in [0.1, 0.15) is 23.2 Å². The molecule has 0 saturated carbocycles. The third-order valence-electron chi connectivity index (χ3n) is 2.49. The van der Waals surface area contributed by atoms with E-state index in [0.717, 1.165) is 13.0 Å². The summed E-state index contributed by atoms with van der Waals surface area (Å²) in [6.45, 7) is 1.72. The second-order valence-electron chi connectivity index (χ2n) is 3.63. The van der Waals surface area contributed by atoms with Crippen LogP contribution in [0.25, 0.3) is 0 Å². The SMILES string of the molecule is O=C(NCC1CCCN1)c1cncnc1. The van der Waals surface area contributed by atoms with Crippen LogP contribution in [0.2, 0.25) is 0 Å². The molecular formula is C10H14N4O. The van der Waals surface area contributed by atoms with Gasteiger partial charge < -0.3 is 10.6 Å². The summed E-state index contributed by atoms with van der Waals surface area (Å²) in [6.07, 6.45) is 6.77. The van der Waals surface area contributed by atoms with E-state index in [1.165, 1.54) is 25.1 Å². The fraction of sp³-hybridized carbons (Fsp3) is 0.500. The summed E-state index contributed by atoms with van der Waals surface area (Å²) in [6, 6.07) is 0.415. The van der Waals surface area contributed by atoms with E-state index < -0.39 is 0 Å². The first-order chi connectivity index (χ1) is 7.36. The Balaban J connectivity index is 1.82. The molecule has 5 nitrogen and oxygen atoms in total. The number of aromatic nitrogens is 2. The standard InChI is InChI=1S/C10H14N4O/c15-10(8-4-11-7-12-5-8)14-6-9-2-1-3-13-9/h4-5,7,9,13H,1-3,6H2,(H,14,15). The molecule has 2 N–H and O–H groups in total. The molecule has 5 heteroatoms. The number of hydrogen-bond donors (Lipinski definition) is 2. The molecule has 1 saturated heterocycles. The van der Waals surface area contributed by atoms with Gasteiger partial charge >= 0.3 is 0 Å². The van der Waals surface area contributed by atoms with Gasteiger partial charge in [-0.05, 0) is 19.4 Å². The number of carbonyl (C=O) groups is 1. The number of nitrogens with zero attached hydrogens (tertiary/aromatic N) is 2. The molecule has 1 atom stereocenters. The fourth-order valence-corrected chi connectivity index (χ4v) is 1.67. The molecule has 1 aromatic heterocycles. The molecule has 1 fully saturated rings. The summed E-state index contributed by atoms with van der Waals surface area (Å²) in [5.74, 6) is -0.107. The van der Waals surface area contributed by atoms with Gasteiger partial charge in [-0.15, -0.1) is 0 Å². The van der Waals surface area contributed by atoms with Crippen LogP contribution in [0.3, 0.4) is 0 Å². The van der Waals surface area contributed by atoms with E-state index in [-0.39, 0.29) is 5.91 Å². The van der Waals surface area contributed by atoms with Crippen molar-refractivity contribution < 1.29 is 4.79 Å². The van der Waals surface area contributed by atoms with Crippen LogP contribution in [0.5, 0.6) is 0 Å². The van der Waals surface area contributed by atoms with Crippen LogP contribution in [0.4, 0.5) is 0 Å². The molecule has 0 bridgehead atoms. The van der Waals surface area contributed by atoms with Crippen molar-refractivity contribution in [1.29, 1.82) is 0 Å². The van der Waals surface area contributed by atoms with Crippen molar-refractivity contribution in [2.45, 2.75) is 18.9 Å². The van der Waals surface area contributed by atoms with Crippen LogP contribution in [0, 0.1) is 0 Å². The van der Waals surface area contributed by atoms with Crippen LogP contribution in [-0.2, 0) is 0 Å². The molecule has 1 unspecified atom stereocenters. The van der Waals surface area contributed by atoms with Crippen LogP contribution >= 0.6 is 0 Å². The molecule has 1 aliphatic rings. The van der Waals surface area contributed by atoms with Gasteiger partial charge in [-0.3, -0.25) is 4.79 Å². The highest BCUT2D eigenvalue weighted by Crippen LogP contribution is 2.03. The first-order valence-electron chi connectivity index (χ1n) is 5.13. The van der Waals surface area contributed by atoms with Gasteiger partial charge in [0.25, 0.3) is 5.91 Å². The average molecular weight is 206 g/mol. The van der Waals surface area contributed by atoms with E-state index in [9.17, 15) is 4.79 Å². The predicted octanol–water partition coefficient (Wildman–Crippen LogP) is -0.0416. The molecule has 2 rings (SSSR count). The largest absolute Gasteiger partial charge is 0.350 e. The minimum absolute atomic E-state index is 0.107. The average Bonchev–Trinajstić information content (AvgIpc) is 2.80. The summed E-state index contributed by atoms with van der Waals surface area (Å²) >= 11 is 0. The van der Waals surface area contributed by atoms with Crippen LogP contribution in [-0.4, -0.2) is 35.0 Å². The zero-order valence-corrected chi connectivity index (χ0v) is 8.44. The topological polar surface area (TPSA) is 66.9 Å². The Morgan fingerprint density at radius 2 is 2.33 bits per heavy atom. The van der Waals surface area contributed by atoms with E-state index in [4.69, 9.17) is 0 Å². The smallest absolute Gasteiger partial charge is 0.254 e. The molecule has 1 aliphatic heterocycles. The molecule has 0 aliphatic carbocycles.